The van der Waals surface area contributed by atoms with Crippen molar-refractivity contribution in [1.29, 1.82) is 0 Å². The summed E-state index contributed by atoms with van der Waals surface area (Å²) in [5.74, 6) is 1.93. The molecule has 0 unspecified atom stereocenters. The van der Waals surface area contributed by atoms with Gasteiger partial charge in [0, 0.05) is 4.88 Å². The fraction of sp³-hybridized carbons (Fsp3) is 0.188. The number of hydrogen-bond acceptors (Lipinski definition) is 5. The maximum Gasteiger partial charge on any atom is 0.186 e. The van der Waals surface area contributed by atoms with Crippen LogP contribution in [0.25, 0.3) is 21.8 Å². The summed E-state index contributed by atoms with van der Waals surface area (Å²) < 4.78 is 10.6. The molecule has 0 radical (unpaired) electrons. The number of rotatable bonds is 4. The smallest absolute Gasteiger partial charge is 0.186 e. The number of ether oxygens (including phenoxy) is 1. The molecule has 0 fully saturated rings. The van der Waals surface area contributed by atoms with Crippen LogP contribution in [0.4, 0.5) is 5.82 Å². The zero-order valence-corrected chi connectivity index (χ0v) is 12.7. The highest BCUT2D eigenvalue weighted by Gasteiger charge is 2.19. The highest BCUT2D eigenvalue weighted by atomic mass is 32.1. The second-order valence-electron chi connectivity index (χ2n) is 4.62. The number of thiophene rings is 1. The largest absolute Gasteiger partial charge is 0.497 e. The third kappa shape index (κ3) is 2.52. The zero-order chi connectivity index (χ0) is 14.8. The summed E-state index contributed by atoms with van der Waals surface area (Å²) in [6.45, 7) is 2.13. The van der Waals surface area contributed by atoms with Crippen molar-refractivity contribution in [3.05, 3.63) is 41.3 Å². The van der Waals surface area contributed by atoms with Gasteiger partial charge in [0.2, 0.25) is 0 Å². The molecule has 1 aromatic carbocycles. The second kappa shape index (κ2) is 5.61. The van der Waals surface area contributed by atoms with Crippen molar-refractivity contribution in [1.82, 2.24) is 5.16 Å². The Kier molecular flexibility index (Phi) is 3.66. The molecule has 0 aliphatic carbocycles. The molecule has 2 N–H and O–H groups in total. The van der Waals surface area contributed by atoms with E-state index in [1.807, 2.05) is 24.3 Å². The Labute approximate surface area is 127 Å². The fourth-order valence-corrected chi connectivity index (χ4v) is 3.13. The molecule has 0 aliphatic heterocycles. The Morgan fingerprint density at radius 2 is 1.95 bits per heavy atom. The van der Waals surface area contributed by atoms with Gasteiger partial charge < -0.3 is 15.0 Å². The molecular formula is C16H16N2O2S. The minimum atomic E-state index is 0.404. The van der Waals surface area contributed by atoms with Gasteiger partial charge in [-0.15, -0.1) is 11.3 Å². The lowest BCUT2D eigenvalue weighted by atomic mass is 10.0. The molecule has 2 heterocycles. The number of nitrogens with zero attached hydrogens (tertiary/aromatic N) is 1. The molecular weight excluding hydrogens is 284 g/mol. The molecule has 3 aromatic rings. The van der Waals surface area contributed by atoms with Gasteiger partial charge in [-0.2, -0.15) is 0 Å². The lowest BCUT2D eigenvalue weighted by molar-refractivity contribution is 0.415. The summed E-state index contributed by atoms with van der Waals surface area (Å²) in [4.78, 5) is 2.35. The van der Waals surface area contributed by atoms with Gasteiger partial charge >= 0.3 is 0 Å². The molecule has 0 atom stereocenters. The molecule has 2 aromatic heterocycles. The molecule has 3 rings (SSSR count). The minimum absolute atomic E-state index is 0.404. The number of methoxy groups -OCH3 is 1. The zero-order valence-electron chi connectivity index (χ0n) is 11.9. The van der Waals surface area contributed by atoms with Crippen molar-refractivity contribution < 1.29 is 9.26 Å². The minimum Gasteiger partial charge on any atom is -0.497 e. The van der Waals surface area contributed by atoms with Gasteiger partial charge in [0.1, 0.15) is 5.75 Å². The number of hydrogen-bond donors (Lipinski definition) is 1. The van der Waals surface area contributed by atoms with E-state index in [0.29, 0.717) is 5.82 Å². The summed E-state index contributed by atoms with van der Waals surface area (Å²) in [6, 6.07) is 11.9. The predicted molar refractivity (Wildman–Crippen MR) is 85.6 cm³/mol. The number of benzene rings is 1. The molecule has 0 spiro atoms. The fourth-order valence-electron chi connectivity index (χ4n) is 2.20. The highest BCUT2D eigenvalue weighted by molar-refractivity contribution is 7.15. The first-order chi connectivity index (χ1) is 10.2. The monoisotopic (exact) mass is 300 g/mol. The number of anilines is 1. The molecule has 0 bridgehead atoms. The van der Waals surface area contributed by atoms with E-state index in [2.05, 4.69) is 24.2 Å². The molecule has 21 heavy (non-hydrogen) atoms. The van der Waals surface area contributed by atoms with Crippen LogP contribution in [0.2, 0.25) is 0 Å². The van der Waals surface area contributed by atoms with Crippen molar-refractivity contribution in [2.24, 2.45) is 0 Å². The summed E-state index contributed by atoms with van der Waals surface area (Å²) >= 11 is 1.70. The number of aryl methyl sites for hydroxylation is 1. The van der Waals surface area contributed by atoms with E-state index in [4.69, 9.17) is 15.0 Å². The lowest BCUT2D eigenvalue weighted by Gasteiger charge is -2.03. The van der Waals surface area contributed by atoms with Crippen molar-refractivity contribution in [2.45, 2.75) is 13.3 Å². The van der Waals surface area contributed by atoms with Crippen molar-refractivity contribution in [3.63, 3.8) is 0 Å². The van der Waals surface area contributed by atoms with Gasteiger partial charge in [-0.05, 0) is 36.2 Å². The van der Waals surface area contributed by atoms with E-state index in [-0.39, 0.29) is 0 Å². The van der Waals surface area contributed by atoms with Crippen molar-refractivity contribution in [3.8, 4) is 27.5 Å². The quantitative estimate of drug-likeness (QED) is 0.783. The van der Waals surface area contributed by atoms with Crippen LogP contribution in [0.3, 0.4) is 0 Å². The van der Waals surface area contributed by atoms with E-state index in [1.54, 1.807) is 18.4 Å². The standard InChI is InChI=1S/C16H16N2O2S/c1-3-12-8-9-13(21-12)15-14(16(17)18-20-15)10-4-6-11(19-2)7-5-10/h4-9H,3H2,1-2H3,(H2,17,18). The maximum absolute atomic E-state index is 5.99. The average molecular weight is 300 g/mol. The Hall–Kier alpha value is -2.27. The van der Waals surface area contributed by atoms with Gasteiger partial charge in [-0.3, -0.25) is 0 Å². The van der Waals surface area contributed by atoms with Crippen LogP contribution >= 0.6 is 11.3 Å². The third-order valence-electron chi connectivity index (χ3n) is 3.33. The van der Waals surface area contributed by atoms with Crippen LogP contribution in [0.15, 0.2) is 40.9 Å². The van der Waals surface area contributed by atoms with Crippen LogP contribution in [0.5, 0.6) is 5.75 Å². The molecule has 0 aliphatic rings. The SMILES string of the molecule is CCc1ccc(-c2onc(N)c2-c2ccc(OC)cc2)s1. The molecule has 0 saturated carbocycles. The van der Waals surface area contributed by atoms with Crippen LogP contribution in [-0.4, -0.2) is 12.3 Å². The van der Waals surface area contributed by atoms with E-state index < -0.39 is 0 Å². The van der Waals surface area contributed by atoms with Crippen LogP contribution in [-0.2, 0) is 6.42 Å². The van der Waals surface area contributed by atoms with Gasteiger partial charge in [-0.25, -0.2) is 0 Å². The van der Waals surface area contributed by atoms with Crippen LogP contribution in [0.1, 0.15) is 11.8 Å². The second-order valence-corrected chi connectivity index (χ2v) is 5.79. The average Bonchev–Trinajstić information content (AvgIpc) is 3.13. The van der Waals surface area contributed by atoms with E-state index >= 15 is 0 Å². The topological polar surface area (TPSA) is 61.3 Å². The summed E-state index contributed by atoms with van der Waals surface area (Å²) in [5.41, 5.74) is 7.79. The number of aromatic nitrogens is 1. The molecule has 4 nitrogen and oxygen atoms in total. The first kappa shape index (κ1) is 13.7. The lowest BCUT2D eigenvalue weighted by Crippen LogP contribution is -1.89. The number of nitrogen functional groups attached to an aromatic ring is 1. The first-order valence-electron chi connectivity index (χ1n) is 6.71. The van der Waals surface area contributed by atoms with E-state index in [1.165, 1.54) is 4.88 Å². The highest BCUT2D eigenvalue weighted by Crippen LogP contribution is 2.39. The van der Waals surface area contributed by atoms with Gasteiger partial charge in [0.15, 0.2) is 11.6 Å². The van der Waals surface area contributed by atoms with E-state index in [9.17, 15) is 0 Å². The Bertz CT molecular complexity index is 744. The van der Waals surface area contributed by atoms with E-state index in [0.717, 1.165) is 33.9 Å². The Balaban J connectivity index is 2.07. The molecule has 108 valence electrons. The maximum atomic E-state index is 5.99. The van der Waals surface area contributed by atoms with Crippen LogP contribution in [0, 0.1) is 0 Å². The summed E-state index contributed by atoms with van der Waals surface area (Å²) in [5, 5.41) is 3.93. The molecule has 0 amide bonds. The summed E-state index contributed by atoms with van der Waals surface area (Å²) in [6.07, 6.45) is 1.01. The first-order valence-corrected chi connectivity index (χ1v) is 7.53. The van der Waals surface area contributed by atoms with Crippen LogP contribution < -0.4 is 10.5 Å². The number of nitrogens with two attached hydrogens (primary N) is 1. The van der Waals surface area contributed by atoms with Crippen molar-refractivity contribution in [2.75, 3.05) is 12.8 Å². The van der Waals surface area contributed by atoms with Gasteiger partial charge in [0.25, 0.3) is 0 Å². The molecule has 5 heteroatoms. The van der Waals surface area contributed by atoms with Gasteiger partial charge in [0.05, 0.1) is 17.6 Å². The molecule has 0 saturated heterocycles. The Morgan fingerprint density at radius 1 is 1.19 bits per heavy atom. The Morgan fingerprint density at radius 3 is 2.57 bits per heavy atom. The predicted octanol–water partition coefficient (Wildman–Crippen LogP) is 4.22. The van der Waals surface area contributed by atoms with Crippen molar-refractivity contribution >= 4 is 17.2 Å². The third-order valence-corrected chi connectivity index (χ3v) is 4.56. The van der Waals surface area contributed by atoms with Gasteiger partial charge in [-0.1, -0.05) is 24.2 Å². The summed E-state index contributed by atoms with van der Waals surface area (Å²) in [7, 11) is 1.64. The normalized spacial score (nSPS) is 10.8.